The van der Waals surface area contributed by atoms with Crippen molar-refractivity contribution in [3.05, 3.63) is 30.4 Å². The van der Waals surface area contributed by atoms with E-state index in [1.165, 1.54) is 5.57 Å². The SMILES string of the molecule is Cn1cnnc1C1=CCCC=C1. The number of aryl methyl sites for hydroxylation is 1. The van der Waals surface area contributed by atoms with Gasteiger partial charge < -0.3 is 4.57 Å². The Hall–Kier alpha value is -1.38. The lowest BCUT2D eigenvalue weighted by atomic mass is 10.1. The van der Waals surface area contributed by atoms with Crippen LogP contribution in [-0.2, 0) is 7.05 Å². The summed E-state index contributed by atoms with van der Waals surface area (Å²) in [5.41, 5.74) is 1.18. The fourth-order valence-electron chi connectivity index (χ4n) is 1.32. The van der Waals surface area contributed by atoms with Gasteiger partial charge in [0.1, 0.15) is 6.33 Å². The number of hydrogen-bond acceptors (Lipinski definition) is 2. The number of rotatable bonds is 1. The van der Waals surface area contributed by atoms with Gasteiger partial charge in [-0.05, 0) is 12.8 Å². The predicted octanol–water partition coefficient (Wildman–Crippen LogP) is 1.55. The average molecular weight is 161 g/mol. The van der Waals surface area contributed by atoms with Crippen molar-refractivity contribution >= 4 is 5.57 Å². The van der Waals surface area contributed by atoms with Crippen LogP contribution in [-0.4, -0.2) is 14.8 Å². The van der Waals surface area contributed by atoms with Crippen LogP contribution in [0, 0.1) is 0 Å². The zero-order valence-electron chi connectivity index (χ0n) is 7.07. The first-order valence-corrected chi connectivity index (χ1v) is 4.09. The highest BCUT2D eigenvalue weighted by Crippen LogP contribution is 2.18. The summed E-state index contributed by atoms with van der Waals surface area (Å²) in [4.78, 5) is 0. The molecular weight excluding hydrogens is 150 g/mol. The topological polar surface area (TPSA) is 30.7 Å². The summed E-state index contributed by atoms with van der Waals surface area (Å²) in [6.07, 6.45) is 10.4. The van der Waals surface area contributed by atoms with E-state index in [2.05, 4.69) is 28.4 Å². The standard InChI is InChI=1S/C9H11N3/c1-12-7-10-11-9(12)8-5-3-2-4-6-8/h3,5-7H,2,4H2,1H3. The van der Waals surface area contributed by atoms with E-state index in [0.717, 1.165) is 18.7 Å². The number of hydrogen-bond donors (Lipinski definition) is 0. The largest absolute Gasteiger partial charge is 0.317 e. The lowest BCUT2D eigenvalue weighted by molar-refractivity contribution is 0.886. The van der Waals surface area contributed by atoms with Crippen molar-refractivity contribution in [3.8, 4) is 0 Å². The maximum absolute atomic E-state index is 4.03. The molecule has 1 aromatic rings. The molecule has 1 heterocycles. The highest BCUT2D eigenvalue weighted by Gasteiger charge is 2.05. The molecule has 0 saturated heterocycles. The van der Waals surface area contributed by atoms with Crippen LogP contribution in [0.2, 0.25) is 0 Å². The van der Waals surface area contributed by atoms with E-state index in [0.29, 0.717) is 0 Å². The first-order valence-electron chi connectivity index (χ1n) is 4.09. The second-order valence-electron chi connectivity index (χ2n) is 2.90. The maximum atomic E-state index is 4.03. The van der Waals surface area contributed by atoms with E-state index in [1.807, 2.05) is 11.6 Å². The fraction of sp³-hybridized carbons (Fsp3) is 0.333. The molecule has 0 bridgehead atoms. The molecule has 0 aromatic carbocycles. The third-order valence-corrected chi connectivity index (χ3v) is 1.96. The second-order valence-corrected chi connectivity index (χ2v) is 2.90. The van der Waals surface area contributed by atoms with Gasteiger partial charge in [-0.25, -0.2) is 0 Å². The first kappa shape index (κ1) is 7.28. The minimum Gasteiger partial charge on any atom is -0.317 e. The first-order chi connectivity index (χ1) is 5.88. The molecule has 0 fully saturated rings. The fourth-order valence-corrected chi connectivity index (χ4v) is 1.32. The monoisotopic (exact) mass is 161 g/mol. The van der Waals surface area contributed by atoms with Gasteiger partial charge in [-0.15, -0.1) is 10.2 Å². The molecule has 0 N–H and O–H groups in total. The van der Waals surface area contributed by atoms with Gasteiger partial charge in [-0.3, -0.25) is 0 Å². The molecule has 0 spiro atoms. The van der Waals surface area contributed by atoms with Gasteiger partial charge in [0.15, 0.2) is 5.82 Å². The Morgan fingerprint density at radius 1 is 1.42 bits per heavy atom. The molecule has 0 amide bonds. The Morgan fingerprint density at radius 3 is 2.92 bits per heavy atom. The van der Waals surface area contributed by atoms with Crippen LogP contribution in [0.25, 0.3) is 5.57 Å². The van der Waals surface area contributed by atoms with Crippen molar-refractivity contribution in [1.29, 1.82) is 0 Å². The molecule has 0 unspecified atom stereocenters. The van der Waals surface area contributed by atoms with Crippen molar-refractivity contribution in [2.75, 3.05) is 0 Å². The number of allylic oxidation sites excluding steroid dienone is 4. The summed E-state index contributed by atoms with van der Waals surface area (Å²) < 4.78 is 1.93. The lowest BCUT2D eigenvalue weighted by Gasteiger charge is -2.04. The average Bonchev–Trinajstić information content (AvgIpc) is 2.53. The molecule has 0 saturated carbocycles. The Labute approximate surface area is 71.4 Å². The van der Waals surface area contributed by atoms with E-state index in [-0.39, 0.29) is 0 Å². The molecule has 3 nitrogen and oxygen atoms in total. The van der Waals surface area contributed by atoms with E-state index in [1.54, 1.807) is 6.33 Å². The van der Waals surface area contributed by atoms with Crippen molar-refractivity contribution in [2.24, 2.45) is 7.05 Å². The maximum Gasteiger partial charge on any atom is 0.163 e. The quantitative estimate of drug-likeness (QED) is 0.625. The Morgan fingerprint density at radius 2 is 2.33 bits per heavy atom. The van der Waals surface area contributed by atoms with Crippen LogP contribution in [0.15, 0.2) is 24.6 Å². The van der Waals surface area contributed by atoms with E-state index in [4.69, 9.17) is 0 Å². The van der Waals surface area contributed by atoms with Crippen LogP contribution in [0.3, 0.4) is 0 Å². The van der Waals surface area contributed by atoms with Crippen molar-refractivity contribution < 1.29 is 0 Å². The third kappa shape index (κ3) is 1.18. The third-order valence-electron chi connectivity index (χ3n) is 1.96. The predicted molar refractivity (Wildman–Crippen MR) is 47.4 cm³/mol. The summed E-state index contributed by atoms with van der Waals surface area (Å²) in [5.74, 6) is 0.950. The molecule has 0 radical (unpaired) electrons. The zero-order valence-corrected chi connectivity index (χ0v) is 7.07. The molecule has 62 valence electrons. The highest BCUT2D eigenvalue weighted by atomic mass is 15.2. The van der Waals surface area contributed by atoms with Gasteiger partial charge >= 0.3 is 0 Å². The van der Waals surface area contributed by atoms with Gasteiger partial charge in [0, 0.05) is 12.6 Å². The molecule has 2 rings (SSSR count). The number of nitrogens with zero attached hydrogens (tertiary/aromatic N) is 3. The minimum atomic E-state index is 0.950. The number of aromatic nitrogens is 3. The highest BCUT2D eigenvalue weighted by molar-refractivity contribution is 5.70. The summed E-state index contributed by atoms with van der Waals surface area (Å²) in [7, 11) is 1.96. The lowest BCUT2D eigenvalue weighted by Crippen LogP contribution is -1.96. The van der Waals surface area contributed by atoms with Crippen molar-refractivity contribution in [2.45, 2.75) is 12.8 Å². The molecular formula is C9H11N3. The zero-order chi connectivity index (χ0) is 8.39. The molecule has 0 atom stereocenters. The van der Waals surface area contributed by atoms with E-state index in [9.17, 15) is 0 Å². The van der Waals surface area contributed by atoms with Gasteiger partial charge in [-0.1, -0.05) is 18.2 Å². The van der Waals surface area contributed by atoms with Gasteiger partial charge in [0.05, 0.1) is 0 Å². The molecule has 0 aliphatic heterocycles. The van der Waals surface area contributed by atoms with E-state index >= 15 is 0 Å². The van der Waals surface area contributed by atoms with Crippen molar-refractivity contribution in [3.63, 3.8) is 0 Å². The smallest absolute Gasteiger partial charge is 0.163 e. The molecule has 1 aliphatic rings. The van der Waals surface area contributed by atoms with Gasteiger partial charge in [0.2, 0.25) is 0 Å². The minimum absolute atomic E-state index is 0.950. The molecule has 3 heteroatoms. The summed E-state index contributed by atoms with van der Waals surface area (Å²) in [6, 6.07) is 0. The summed E-state index contributed by atoms with van der Waals surface area (Å²) in [6.45, 7) is 0. The van der Waals surface area contributed by atoms with E-state index < -0.39 is 0 Å². The summed E-state index contributed by atoms with van der Waals surface area (Å²) in [5, 5.41) is 7.87. The molecule has 12 heavy (non-hydrogen) atoms. The van der Waals surface area contributed by atoms with Gasteiger partial charge in [0.25, 0.3) is 0 Å². The van der Waals surface area contributed by atoms with Crippen molar-refractivity contribution in [1.82, 2.24) is 14.8 Å². The Bertz CT molecular complexity index is 333. The van der Waals surface area contributed by atoms with Crippen LogP contribution >= 0.6 is 0 Å². The second kappa shape index (κ2) is 2.93. The molecule has 1 aromatic heterocycles. The summed E-state index contributed by atoms with van der Waals surface area (Å²) >= 11 is 0. The van der Waals surface area contributed by atoms with Crippen LogP contribution in [0.5, 0.6) is 0 Å². The Balaban J connectivity index is 2.36. The molecule has 1 aliphatic carbocycles. The van der Waals surface area contributed by atoms with Crippen LogP contribution < -0.4 is 0 Å². The van der Waals surface area contributed by atoms with Gasteiger partial charge in [-0.2, -0.15) is 0 Å². The normalized spacial score (nSPS) is 16.2. The van der Waals surface area contributed by atoms with Crippen LogP contribution in [0.4, 0.5) is 0 Å². The Kier molecular flexibility index (Phi) is 1.78. The van der Waals surface area contributed by atoms with Crippen LogP contribution in [0.1, 0.15) is 18.7 Å².